The van der Waals surface area contributed by atoms with E-state index < -0.39 is 34.2 Å². The van der Waals surface area contributed by atoms with Crippen molar-refractivity contribution in [3.63, 3.8) is 0 Å². The number of nitrogens with zero attached hydrogens (tertiary/aromatic N) is 2. The number of rotatable bonds is 3. The molecule has 1 unspecified atom stereocenters. The number of Topliss-reactive ketones (excluding diaryl/α,β-unsaturated/α-hetero) is 2. The molecule has 1 saturated heterocycles. The molecule has 1 aliphatic heterocycles. The average molecular weight is 334 g/mol. The number of carbonyl (C=O) groups excluding carboxylic acids is 4. The van der Waals surface area contributed by atoms with Gasteiger partial charge in [-0.15, -0.1) is 0 Å². The number of benzene rings is 1. The largest absolute Gasteiger partial charge is 0.302 e. The van der Waals surface area contributed by atoms with Gasteiger partial charge in [0.2, 0.25) is 5.78 Å². The fourth-order valence-corrected chi connectivity index (χ4v) is 2.21. The molecule has 1 atom stereocenters. The minimum absolute atomic E-state index is 0. The predicted octanol–water partition coefficient (Wildman–Crippen LogP) is 0.515. The molecule has 1 aromatic carbocycles. The van der Waals surface area contributed by atoms with Crippen LogP contribution in [0, 0.1) is 16.0 Å². The summed E-state index contributed by atoms with van der Waals surface area (Å²) >= 11 is 5.81. The van der Waals surface area contributed by atoms with Crippen LogP contribution in [0.4, 0.5) is 11.4 Å². The smallest absolute Gasteiger partial charge is 0.299 e. The normalized spacial score (nSPS) is 17.5. The van der Waals surface area contributed by atoms with Crippen molar-refractivity contribution in [2.45, 2.75) is 6.92 Å². The van der Waals surface area contributed by atoms with Gasteiger partial charge in [-0.05, 0) is 13.0 Å². The quantitative estimate of drug-likeness (QED) is 0.199. The Bertz CT molecular complexity index is 720. The molecule has 0 aliphatic carbocycles. The van der Waals surface area contributed by atoms with E-state index in [2.05, 4.69) is 0 Å². The van der Waals surface area contributed by atoms with Crippen molar-refractivity contribution in [2.24, 2.45) is 5.92 Å². The van der Waals surface area contributed by atoms with E-state index in [-0.39, 0.29) is 46.0 Å². The van der Waals surface area contributed by atoms with Gasteiger partial charge in [-0.25, -0.2) is 4.90 Å². The molecule has 1 fully saturated rings. The summed E-state index contributed by atoms with van der Waals surface area (Å²) in [5, 5.41) is 10.4. The molecule has 1 heterocycles. The van der Waals surface area contributed by atoms with Gasteiger partial charge in [-0.3, -0.25) is 29.3 Å². The van der Waals surface area contributed by atoms with Crippen molar-refractivity contribution in [3.05, 3.63) is 33.3 Å². The Kier molecular flexibility index (Phi) is 5.58. The Morgan fingerprint density at radius 1 is 1.32 bits per heavy atom. The molecule has 0 bridgehead atoms. The summed E-state index contributed by atoms with van der Waals surface area (Å²) in [5.74, 6) is -5.76. The van der Waals surface area contributed by atoms with E-state index in [1.165, 1.54) is 0 Å². The van der Waals surface area contributed by atoms with Crippen molar-refractivity contribution in [3.8, 4) is 0 Å². The van der Waals surface area contributed by atoms with Crippen LogP contribution < -0.4 is 4.90 Å². The summed E-state index contributed by atoms with van der Waals surface area (Å²) in [6, 6.07) is 3.06. The number of nitro benzene ring substituents is 1. The van der Waals surface area contributed by atoms with E-state index in [9.17, 15) is 29.3 Å². The van der Waals surface area contributed by atoms with Crippen LogP contribution in [0.15, 0.2) is 18.2 Å². The van der Waals surface area contributed by atoms with Crippen molar-refractivity contribution >= 4 is 75.9 Å². The Labute approximate surface area is 150 Å². The fraction of sp³-hybridized carbons (Fsp3) is 0.167. The molecule has 0 saturated carbocycles. The zero-order valence-corrected chi connectivity index (χ0v) is 14.3. The van der Waals surface area contributed by atoms with Gasteiger partial charge in [-0.1, -0.05) is 11.6 Å². The van der Waals surface area contributed by atoms with Gasteiger partial charge in [-0.2, -0.15) is 0 Å². The zero-order valence-electron chi connectivity index (χ0n) is 11.5. The van der Waals surface area contributed by atoms with Crippen LogP contribution in [0.2, 0.25) is 5.02 Å². The number of nitro groups is 1. The van der Waals surface area contributed by atoms with Crippen molar-refractivity contribution in [1.29, 1.82) is 0 Å². The third-order valence-electron chi connectivity index (χ3n) is 2.93. The van der Waals surface area contributed by atoms with E-state index in [0.29, 0.717) is 4.90 Å². The third kappa shape index (κ3) is 2.95. The number of imide groups is 1. The van der Waals surface area contributed by atoms with E-state index in [1.807, 2.05) is 0 Å². The molecule has 1 radical (unpaired) electrons. The molecular formula is C12H7ClN2NaO6. The van der Waals surface area contributed by atoms with Crippen molar-refractivity contribution in [1.82, 2.24) is 0 Å². The molecule has 2 amide bonds. The van der Waals surface area contributed by atoms with Gasteiger partial charge in [0.1, 0.15) is 5.78 Å². The second kappa shape index (κ2) is 6.66. The first-order chi connectivity index (χ1) is 9.75. The molecule has 22 heavy (non-hydrogen) atoms. The summed E-state index contributed by atoms with van der Waals surface area (Å²) in [5.41, 5.74) is -0.508. The standard InChI is InChI=1S/C12H7ClN2O6.Na/c1-5(16)9-10(17)12(19)14(11(9)18)8-3-2-6(15(20)21)4-7(8)13;/h2-4,9H,1H3;. The molecule has 8 nitrogen and oxygen atoms in total. The van der Waals surface area contributed by atoms with Gasteiger partial charge >= 0.3 is 5.91 Å². The van der Waals surface area contributed by atoms with Crippen molar-refractivity contribution < 1.29 is 24.1 Å². The maximum atomic E-state index is 12.0. The zero-order chi connectivity index (χ0) is 15.9. The van der Waals surface area contributed by atoms with Crippen molar-refractivity contribution in [2.75, 3.05) is 4.90 Å². The monoisotopic (exact) mass is 333 g/mol. The van der Waals surface area contributed by atoms with E-state index in [1.54, 1.807) is 0 Å². The molecule has 1 aliphatic rings. The number of ketones is 2. The van der Waals surface area contributed by atoms with Gasteiger partial charge < -0.3 is 0 Å². The Hall–Kier alpha value is -1.61. The molecule has 109 valence electrons. The van der Waals surface area contributed by atoms with Crippen LogP contribution in [0.25, 0.3) is 0 Å². The number of non-ortho nitro benzene ring substituents is 1. The number of amides is 2. The minimum atomic E-state index is -1.68. The number of carbonyl (C=O) groups is 4. The molecular weight excluding hydrogens is 327 g/mol. The van der Waals surface area contributed by atoms with Crippen LogP contribution in [-0.2, 0) is 19.2 Å². The molecule has 0 N–H and O–H groups in total. The fourth-order valence-electron chi connectivity index (χ4n) is 1.95. The molecule has 0 spiro atoms. The van der Waals surface area contributed by atoms with Crippen LogP contribution in [-0.4, -0.2) is 57.9 Å². The molecule has 0 aromatic heterocycles. The summed E-state index contributed by atoms with van der Waals surface area (Å²) in [6.45, 7) is 1.02. The van der Waals surface area contributed by atoms with Crippen LogP contribution in [0.5, 0.6) is 0 Å². The second-order valence-electron chi connectivity index (χ2n) is 4.28. The maximum Gasteiger partial charge on any atom is 0.302 e. The van der Waals surface area contributed by atoms with Crippen LogP contribution in [0.3, 0.4) is 0 Å². The number of halogens is 1. The first-order valence-electron chi connectivity index (χ1n) is 5.62. The summed E-state index contributed by atoms with van der Waals surface area (Å²) in [7, 11) is 0. The van der Waals surface area contributed by atoms with Gasteiger partial charge in [0, 0.05) is 41.7 Å². The Morgan fingerprint density at radius 2 is 1.91 bits per heavy atom. The van der Waals surface area contributed by atoms with Gasteiger partial charge in [0.05, 0.1) is 15.6 Å². The average Bonchev–Trinajstić information content (AvgIpc) is 2.61. The number of anilines is 1. The summed E-state index contributed by atoms with van der Waals surface area (Å²) < 4.78 is 0. The Morgan fingerprint density at radius 3 is 2.32 bits per heavy atom. The maximum absolute atomic E-state index is 12.0. The van der Waals surface area contributed by atoms with Gasteiger partial charge in [0.15, 0.2) is 5.92 Å². The minimum Gasteiger partial charge on any atom is -0.299 e. The van der Waals surface area contributed by atoms with E-state index in [0.717, 1.165) is 25.1 Å². The molecule has 10 heteroatoms. The van der Waals surface area contributed by atoms with Crippen LogP contribution >= 0.6 is 11.6 Å². The topological polar surface area (TPSA) is 115 Å². The van der Waals surface area contributed by atoms with Crippen LogP contribution in [0.1, 0.15) is 6.92 Å². The molecule has 2 rings (SSSR count). The Balaban J connectivity index is 0.00000242. The molecule has 1 aromatic rings. The summed E-state index contributed by atoms with van der Waals surface area (Å²) in [4.78, 5) is 57.1. The third-order valence-corrected chi connectivity index (χ3v) is 3.24. The second-order valence-corrected chi connectivity index (χ2v) is 4.69. The van der Waals surface area contributed by atoms with E-state index in [4.69, 9.17) is 11.6 Å². The first kappa shape index (κ1) is 18.4. The predicted molar refractivity (Wildman–Crippen MR) is 75.5 cm³/mol. The first-order valence-corrected chi connectivity index (χ1v) is 6.00. The summed E-state index contributed by atoms with van der Waals surface area (Å²) in [6.07, 6.45) is 0. The number of hydrogen-bond donors (Lipinski definition) is 0. The number of hydrogen-bond acceptors (Lipinski definition) is 6. The van der Waals surface area contributed by atoms with Gasteiger partial charge in [0.25, 0.3) is 11.6 Å². The SMILES string of the molecule is CC(=O)C1C(=O)C(=O)N(c2ccc([N+](=O)[O-])cc2Cl)C1=O.[Na]. The van der Waals surface area contributed by atoms with E-state index >= 15 is 0 Å².